The number of carbonyl (C=O) groups is 1. The van der Waals surface area contributed by atoms with E-state index in [1.807, 2.05) is 6.07 Å². The Balaban J connectivity index is 2.66. The first kappa shape index (κ1) is 10.9. The number of aromatic nitrogens is 2. The van der Waals surface area contributed by atoms with E-state index >= 15 is 0 Å². The van der Waals surface area contributed by atoms with Gasteiger partial charge in [0.2, 0.25) is 0 Å². The molecule has 0 amide bonds. The summed E-state index contributed by atoms with van der Waals surface area (Å²) in [4.78, 5) is 14.7. The Labute approximate surface area is 95.9 Å². The molecule has 0 aliphatic rings. The van der Waals surface area contributed by atoms with Crippen LogP contribution in [0.4, 0.5) is 0 Å². The number of nitrogens with zero attached hydrogens (tertiary/aromatic N) is 2. The van der Waals surface area contributed by atoms with E-state index < -0.39 is 17.2 Å². The first-order valence-electron chi connectivity index (χ1n) is 4.76. The summed E-state index contributed by atoms with van der Waals surface area (Å²) < 4.78 is 0.443. The molecule has 1 heterocycles. The van der Waals surface area contributed by atoms with Gasteiger partial charge in [-0.1, -0.05) is 30.3 Å². The van der Waals surface area contributed by atoms with Crippen molar-refractivity contribution in [1.82, 2.24) is 9.71 Å². The third-order valence-corrected chi connectivity index (χ3v) is 2.20. The predicted molar refractivity (Wildman–Crippen MR) is 57.7 cm³/mol. The molecule has 6 heteroatoms. The molecule has 0 fully saturated rings. The highest BCUT2D eigenvalue weighted by Crippen LogP contribution is 2.14. The van der Waals surface area contributed by atoms with E-state index in [0.29, 0.717) is 16.0 Å². The molecule has 1 aromatic heterocycles. The molecule has 0 spiro atoms. The second-order valence-corrected chi connectivity index (χ2v) is 3.34. The molecular weight excluding hydrogens is 222 g/mol. The van der Waals surface area contributed by atoms with Crippen molar-refractivity contribution in [1.29, 1.82) is 5.41 Å². The Hall–Kier alpha value is -2.63. The number of carboxylic acid groups (broad SMARTS) is 1. The summed E-state index contributed by atoms with van der Waals surface area (Å²) in [6.45, 7) is 0. The van der Waals surface area contributed by atoms with Crippen LogP contribution in [0, 0.1) is 5.41 Å². The summed E-state index contributed by atoms with van der Waals surface area (Å²) in [5, 5.41) is 25.6. The highest BCUT2D eigenvalue weighted by Gasteiger charge is 2.13. The lowest BCUT2D eigenvalue weighted by atomic mass is 10.1. The summed E-state index contributed by atoms with van der Waals surface area (Å²) in [6, 6.07) is 8.82. The van der Waals surface area contributed by atoms with Crippen molar-refractivity contribution in [3.63, 3.8) is 0 Å². The lowest BCUT2D eigenvalue weighted by Crippen LogP contribution is -2.27. The van der Waals surface area contributed by atoms with Gasteiger partial charge in [-0.2, -0.15) is 4.73 Å². The number of rotatable bonds is 2. The SMILES string of the molecule is N=c1c(C(=O)O)nc(-c2ccccc2)cn1O. The average molecular weight is 231 g/mol. The summed E-state index contributed by atoms with van der Waals surface area (Å²) in [5.41, 5.74) is -0.0923. The van der Waals surface area contributed by atoms with Gasteiger partial charge < -0.3 is 10.3 Å². The van der Waals surface area contributed by atoms with Gasteiger partial charge in [-0.15, -0.1) is 0 Å². The Morgan fingerprint density at radius 3 is 2.53 bits per heavy atom. The van der Waals surface area contributed by atoms with Crippen molar-refractivity contribution in [3.05, 3.63) is 47.7 Å². The molecule has 2 aromatic rings. The van der Waals surface area contributed by atoms with E-state index in [0.717, 1.165) is 0 Å². The summed E-state index contributed by atoms with van der Waals surface area (Å²) in [6.07, 6.45) is 1.20. The van der Waals surface area contributed by atoms with Gasteiger partial charge >= 0.3 is 5.97 Å². The van der Waals surface area contributed by atoms with Crippen LogP contribution in [0.25, 0.3) is 11.3 Å². The Morgan fingerprint density at radius 1 is 1.29 bits per heavy atom. The normalized spacial score (nSPS) is 10.1. The number of nitrogens with one attached hydrogen (secondary N) is 1. The summed E-state index contributed by atoms with van der Waals surface area (Å²) in [5.74, 6) is -1.35. The highest BCUT2D eigenvalue weighted by molar-refractivity contribution is 5.85. The molecule has 1 aromatic carbocycles. The van der Waals surface area contributed by atoms with Crippen LogP contribution in [-0.4, -0.2) is 26.0 Å². The van der Waals surface area contributed by atoms with E-state index in [4.69, 9.17) is 10.5 Å². The van der Waals surface area contributed by atoms with Crippen LogP contribution in [0.5, 0.6) is 0 Å². The van der Waals surface area contributed by atoms with Crippen molar-refractivity contribution in [2.45, 2.75) is 0 Å². The maximum Gasteiger partial charge on any atom is 0.358 e. The lowest BCUT2D eigenvalue weighted by Gasteiger charge is -2.05. The topological polar surface area (TPSA) is 99.2 Å². The predicted octanol–water partition coefficient (Wildman–Crippen LogP) is 0.965. The second-order valence-electron chi connectivity index (χ2n) is 3.34. The third-order valence-electron chi connectivity index (χ3n) is 2.20. The van der Waals surface area contributed by atoms with Crippen LogP contribution in [0.15, 0.2) is 36.5 Å². The van der Waals surface area contributed by atoms with Gasteiger partial charge in [0, 0.05) is 5.56 Å². The molecule has 0 bridgehead atoms. The van der Waals surface area contributed by atoms with Crippen molar-refractivity contribution in [3.8, 4) is 11.3 Å². The van der Waals surface area contributed by atoms with Crippen molar-refractivity contribution >= 4 is 5.97 Å². The zero-order valence-corrected chi connectivity index (χ0v) is 8.66. The fourth-order valence-corrected chi connectivity index (χ4v) is 1.39. The average Bonchev–Trinajstić information content (AvgIpc) is 2.33. The molecule has 2 rings (SSSR count). The fourth-order valence-electron chi connectivity index (χ4n) is 1.39. The second kappa shape index (κ2) is 4.09. The van der Waals surface area contributed by atoms with Crippen LogP contribution in [0.1, 0.15) is 10.5 Å². The van der Waals surface area contributed by atoms with Gasteiger partial charge in [0.1, 0.15) is 0 Å². The maximum absolute atomic E-state index is 10.9. The van der Waals surface area contributed by atoms with Crippen molar-refractivity contribution < 1.29 is 15.1 Å². The van der Waals surface area contributed by atoms with Gasteiger partial charge in [0.15, 0.2) is 11.2 Å². The quantitative estimate of drug-likeness (QED) is 0.670. The number of benzene rings is 1. The van der Waals surface area contributed by atoms with E-state index in [-0.39, 0.29) is 0 Å². The first-order valence-corrected chi connectivity index (χ1v) is 4.76. The van der Waals surface area contributed by atoms with Gasteiger partial charge in [0.05, 0.1) is 11.9 Å². The number of aromatic carboxylic acids is 1. The zero-order valence-electron chi connectivity index (χ0n) is 8.66. The van der Waals surface area contributed by atoms with E-state index in [9.17, 15) is 10.0 Å². The largest absolute Gasteiger partial charge is 0.476 e. The Kier molecular flexibility index (Phi) is 2.61. The highest BCUT2D eigenvalue weighted by atomic mass is 16.5. The lowest BCUT2D eigenvalue weighted by molar-refractivity contribution is 0.0678. The fraction of sp³-hybridized carbons (Fsp3) is 0. The van der Waals surface area contributed by atoms with Crippen LogP contribution in [-0.2, 0) is 0 Å². The monoisotopic (exact) mass is 231 g/mol. The molecule has 0 atom stereocenters. The van der Waals surface area contributed by atoms with Crippen molar-refractivity contribution in [2.75, 3.05) is 0 Å². The molecule has 0 unspecified atom stereocenters. The van der Waals surface area contributed by atoms with Gasteiger partial charge in [0.25, 0.3) is 0 Å². The first-order chi connectivity index (χ1) is 8.09. The molecule has 0 aliphatic heterocycles. The molecule has 86 valence electrons. The molecule has 6 nitrogen and oxygen atoms in total. The van der Waals surface area contributed by atoms with Crippen LogP contribution in [0.2, 0.25) is 0 Å². The minimum atomic E-state index is -1.35. The number of carboxylic acids is 1. The Bertz CT molecular complexity index is 620. The zero-order chi connectivity index (χ0) is 12.4. The van der Waals surface area contributed by atoms with Crippen LogP contribution >= 0.6 is 0 Å². The van der Waals surface area contributed by atoms with Gasteiger partial charge in [-0.3, -0.25) is 5.41 Å². The van der Waals surface area contributed by atoms with Crippen LogP contribution < -0.4 is 5.49 Å². The van der Waals surface area contributed by atoms with Gasteiger partial charge in [-0.05, 0) is 0 Å². The third kappa shape index (κ3) is 2.00. The Morgan fingerprint density at radius 2 is 1.94 bits per heavy atom. The summed E-state index contributed by atoms with van der Waals surface area (Å²) >= 11 is 0. The molecule has 0 saturated heterocycles. The van der Waals surface area contributed by atoms with E-state index in [1.54, 1.807) is 24.3 Å². The smallest absolute Gasteiger partial charge is 0.358 e. The number of hydrogen-bond donors (Lipinski definition) is 3. The van der Waals surface area contributed by atoms with Crippen LogP contribution in [0.3, 0.4) is 0 Å². The molecule has 0 radical (unpaired) electrons. The molecule has 17 heavy (non-hydrogen) atoms. The van der Waals surface area contributed by atoms with Gasteiger partial charge in [-0.25, -0.2) is 9.78 Å². The molecule has 3 N–H and O–H groups in total. The van der Waals surface area contributed by atoms with E-state index in [2.05, 4.69) is 4.98 Å². The minimum Gasteiger partial charge on any atom is -0.476 e. The van der Waals surface area contributed by atoms with Crippen molar-refractivity contribution in [2.24, 2.45) is 0 Å². The molecule has 0 aliphatic carbocycles. The number of hydrogen-bond acceptors (Lipinski definition) is 4. The maximum atomic E-state index is 10.9. The standard InChI is InChI=1S/C11H9N3O3/c12-10-9(11(15)16)13-8(6-14(10)17)7-4-2-1-3-5-7/h1-6,12,17H,(H,15,16). The summed E-state index contributed by atoms with van der Waals surface area (Å²) in [7, 11) is 0. The minimum absolute atomic E-state index is 0.293. The molecular formula is C11H9N3O3. The van der Waals surface area contributed by atoms with E-state index in [1.165, 1.54) is 6.20 Å². The molecule has 0 saturated carbocycles.